The third kappa shape index (κ3) is 5.58. The summed E-state index contributed by atoms with van der Waals surface area (Å²) >= 11 is 0. The van der Waals surface area contributed by atoms with E-state index in [1.54, 1.807) is 13.3 Å². The van der Waals surface area contributed by atoms with Gasteiger partial charge in [0, 0.05) is 49.4 Å². The first-order valence-corrected chi connectivity index (χ1v) is 11.9. The molecular formula is C26H31N5O4. The summed E-state index contributed by atoms with van der Waals surface area (Å²) < 4.78 is 22.6. The van der Waals surface area contributed by atoms with Crippen LogP contribution in [0, 0.1) is 0 Å². The summed E-state index contributed by atoms with van der Waals surface area (Å²) in [6.07, 6.45) is 3.62. The highest BCUT2D eigenvalue weighted by Gasteiger charge is 2.18. The summed E-state index contributed by atoms with van der Waals surface area (Å²) in [4.78, 5) is 11.3. The molecule has 0 amide bonds. The number of nitrogens with two attached hydrogens (primary N) is 1. The molecule has 184 valence electrons. The third-order valence-corrected chi connectivity index (χ3v) is 6.21. The van der Waals surface area contributed by atoms with Gasteiger partial charge in [0.15, 0.2) is 0 Å². The number of nitrogen functional groups attached to an aromatic ring is 1. The lowest BCUT2D eigenvalue weighted by Crippen LogP contribution is -2.36. The molecule has 2 saturated heterocycles. The maximum atomic E-state index is 6.30. The number of nitrogens with one attached hydrogen (secondary N) is 1. The first kappa shape index (κ1) is 23.2. The lowest BCUT2D eigenvalue weighted by molar-refractivity contribution is 0.0259. The highest BCUT2D eigenvalue weighted by Crippen LogP contribution is 2.33. The molecule has 0 saturated carbocycles. The minimum absolute atomic E-state index is 0.137. The lowest BCUT2D eigenvalue weighted by atomic mass is 10.1. The van der Waals surface area contributed by atoms with Crippen molar-refractivity contribution in [3.05, 3.63) is 48.7 Å². The number of benzene rings is 2. The summed E-state index contributed by atoms with van der Waals surface area (Å²) in [7, 11) is 1.68. The van der Waals surface area contributed by atoms with Gasteiger partial charge >= 0.3 is 0 Å². The van der Waals surface area contributed by atoms with Crippen molar-refractivity contribution in [3.63, 3.8) is 0 Å². The van der Waals surface area contributed by atoms with Crippen LogP contribution in [-0.4, -0.2) is 62.7 Å². The van der Waals surface area contributed by atoms with Crippen LogP contribution in [0.15, 0.2) is 48.7 Å². The minimum Gasteiger partial charge on any atom is -0.495 e. The SMILES string of the molecule is COc1cc(Nc2nccc(-c3ccc(OC4CCOCC4)c(N)c3)n2)ccc1N1CCOCC1. The van der Waals surface area contributed by atoms with E-state index in [0.29, 0.717) is 17.4 Å². The van der Waals surface area contributed by atoms with Gasteiger partial charge in [0.1, 0.15) is 17.6 Å². The van der Waals surface area contributed by atoms with E-state index in [1.807, 2.05) is 42.5 Å². The molecule has 5 rings (SSSR count). The van der Waals surface area contributed by atoms with Crippen LogP contribution in [0.2, 0.25) is 0 Å². The van der Waals surface area contributed by atoms with Gasteiger partial charge in [0.2, 0.25) is 5.95 Å². The second kappa shape index (κ2) is 10.8. The van der Waals surface area contributed by atoms with Crippen LogP contribution in [0.3, 0.4) is 0 Å². The second-order valence-corrected chi connectivity index (χ2v) is 8.56. The Kier molecular flexibility index (Phi) is 7.15. The minimum atomic E-state index is 0.137. The van der Waals surface area contributed by atoms with E-state index >= 15 is 0 Å². The van der Waals surface area contributed by atoms with Crippen LogP contribution < -0.4 is 25.4 Å². The Hall–Kier alpha value is -3.56. The molecule has 3 N–H and O–H groups in total. The van der Waals surface area contributed by atoms with Gasteiger partial charge in [0.25, 0.3) is 0 Å². The fraction of sp³-hybridized carbons (Fsp3) is 0.385. The Balaban J connectivity index is 1.30. The number of hydrogen-bond donors (Lipinski definition) is 2. The normalized spacial score (nSPS) is 16.7. The molecule has 1 aromatic heterocycles. The number of hydrogen-bond acceptors (Lipinski definition) is 9. The van der Waals surface area contributed by atoms with Crippen LogP contribution >= 0.6 is 0 Å². The highest BCUT2D eigenvalue weighted by molar-refractivity contribution is 5.70. The monoisotopic (exact) mass is 477 g/mol. The molecule has 0 aliphatic carbocycles. The lowest BCUT2D eigenvalue weighted by Gasteiger charge is -2.30. The highest BCUT2D eigenvalue weighted by atomic mass is 16.5. The summed E-state index contributed by atoms with van der Waals surface area (Å²) in [5.41, 5.74) is 10.4. The number of nitrogens with zero attached hydrogens (tertiary/aromatic N) is 3. The van der Waals surface area contributed by atoms with Gasteiger partial charge in [-0.1, -0.05) is 0 Å². The van der Waals surface area contributed by atoms with E-state index < -0.39 is 0 Å². The Bertz CT molecular complexity index is 1150. The van der Waals surface area contributed by atoms with Gasteiger partial charge in [-0.25, -0.2) is 9.97 Å². The Morgan fingerprint density at radius 2 is 1.77 bits per heavy atom. The van der Waals surface area contributed by atoms with Crippen LogP contribution in [0.5, 0.6) is 11.5 Å². The zero-order valence-electron chi connectivity index (χ0n) is 19.9. The molecule has 9 heteroatoms. The van der Waals surface area contributed by atoms with Gasteiger partial charge < -0.3 is 34.9 Å². The predicted octanol–water partition coefficient (Wildman–Crippen LogP) is 3.87. The maximum absolute atomic E-state index is 6.30. The zero-order chi connectivity index (χ0) is 24.0. The quantitative estimate of drug-likeness (QED) is 0.491. The van der Waals surface area contributed by atoms with E-state index in [2.05, 4.69) is 20.2 Å². The molecule has 2 aliphatic rings. The van der Waals surface area contributed by atoms with Crippen LogP contribution in [0.4, 0.5) is 23.0 Å². The molecule has 0 radical (unpaired) electrons. The predicted molar refractivity (Wildman–Crippen MR) is 136 cm³/mol. The van der Waals surface area contributed by atoms with Crippen molar-refractivity contribution in [3.8, 4) is 22.8 Å². The van der Waals surface area contributed by atoms with Crippen molar-refractivity contribution in [1.29, 1.82) is 0 Å². The van der Waals surface area contributed by atoms with Crippen molar-refractivity contribution in [1.82, 2.24) is 9.97 Å². The third-order valence-electron chi connectivity index (χ3n) is 6.21. The number of rotatable bonds is 7. The average Bonchev–Trinajstić information content (AvgIpc) is 2.91. The Morgan fingerprint density at radius 3 is 2.54 bits per heavy atom. The topological polar surface area (TPSA) is 104 Å². The summed E-state index contributed by atoms with van der Waals surface area (Å²) in [6.45, 7) is 4.57. The van der Waals surface area contributed by atoms with Crippen molar-refractivity contribution in [2.75, 3.05) is 62.6 Å². The van der Waals surface area contributed by atoms with Gasteiger partial charge in [-0.05, 0) is 36.4 Å². The molecule has 3 heterocycles. The van der Waals surface area contributed by atoms with E-state index in [-0.39, 0.29) is 6.10 Å². The molecule has 9 nitrogen and oxygen atoms in total. The molecule has 2 aromatic carbocycles. The Morgan fingerprint density at radius 1 is 0.971 bits per heavy atom. The maximum Gasteiger partial charge on any atom is 0.227 e. The number of anilines is 4. The van der Waals surface area contributed by atoms with Crippen molar-refractivity contribution in [2.24, 2.45) is 0 Å². The summed E-state index contributed by atoms with van der Waals surface area (Å²) in [5.74, 6) is 1.98. The molecular weight excluding hydrogens is 446 g/mol. The molecule has 0 atom stereocenters. The fourth-order valence-corrected chi connectivity index (χ4v) is 4.32. The summed E-state index contributed by atoms with van der Waals surface area (Å²) in [6, 6.07) is 13.6. The second-order valence-electron chi connectivity index (χ2n) is 8.56. The first-order valence-electron chi connectivity index (χ1n) is 11.9. The van der Waals surface area contributed by atoms with Gasteiger partial charge in [-0.15, -0.1) is 0 Å². The van der Waals surface area contributed by atoms with Gasteiger partial charge in [-0.3, -0.25) is 0 Å². The molecule has 3 aromatic rings. The number of morpholine rings is 1. The van der Waals surface area contributed by atoms with Crippen LogP contribution in [0.25, 0.3) is 11.3 Å². The van der Waals surface area contributed by atoms with E-state index in [9.17, 15) is 0 Å². The van der Waals surface area contributed by atoms with Crippen LogP contribution in [0.1, 0.15) is 12.8 Å². The fourth-order valence-electron chi connectivity index (χ4n) is 4.32. The van der Waals surface area contributed by atoms with Crippen LogP contribution in [-0.2, 0) is 9.47 Å². The number of methoxy groups -OCH3 is 1. The number of ether oxygens (including phenoxy) is 4. The molecule has 2 aliphatic heterocycles. The summed E-state index contributed by atoms with van der Waals surface area (Å²) in [5, 5.41) is 3.29. The largest absolute Gasteiger partial charge is 0.495 e. The van der Waals surface area contributed by atoms with Crippen molar-refractivity contribution in [2.45, 2.75) is 18.9 Å². The van der Waals surface area contributed by atoms with Crippen molar-refractivity contribution >= 4 is 23.0 Å². The molecule has 2 fully saturated rings. The number of aromatic nitrogens is 2. The molecule has 0 spiro atoms. The molecule has 0 unspecified atom stereocenters. The average molecular weight is 478 g/mol. The molecule has 0 bridgehead atoms. The smallest absolute Gasteiger partial charge is 0.227 e. The molecule has 35 heavy (non-hydrogen) atoms. The van der Waals surface area contributed by atoms with Gasteiger partial charge in [0.05, 0.1) is 50.6 Å². The van der Waals surface area contributed by atoms with Gasteiger partial charge in [-0.2, -0.15) is 0 Å². The van der Waals surface area contributed by atoms with Crippen molar-refractivity contribution < 1.29 is 18.9 Å². The first-order chi connectivity index (χ1) is 17.2. The Labute approximate surface area is 205 Å². The van der Waals surface area contributed by atoms with E-state index in [1.165, 1.54) is 0 Å². The zero-order valence-corrected chi connectivity index (χ0v) is 19.9. The standard InChI is InChI=1S/C26H31N5O4/c1-32-25-17-19(3-4-23(25)31-10-14-34-15-11-31)29-26-28-9-6-22(30-26)18-2-5-24(21(27)16-18)35-20-7-12-33-13-8-20/h2-6,9,16-17,20H,7-8,10-15,27H2,1H3,(H,28,29,30). The van der Waals surface area contributed by atoms with E-state index in [0.717, 1.165) is 80.7 Å². The van der Waals surface area contributed by atoms with E-state index in [4.69, 9.17) is 24.7 Å².